The average Bonchev–Trinajstić information content (AvgIpc) is 2.36. The van der Waals surface area contributed by atoms with Crippen LogP contribution in [0.5, 0.6) is 5.75 Å². The van der Waals surface area contributed by atoms with Gasteiger partial charge >= 0.3 is 18.0 Å². The molecule has 1 atom stereocenters. The molecule has 0 saturated heterocycles. The Morgan fingerprint density at radius 1 is 1.00 bits per heavy atom. The van der Waals surface area contributed by atoms with Crippen molar-refractivity contribution in [3.05, 3.63) is 29.8 Å². The Labute approximate surface area is 127 Å². The molecule has 0 aliphatic rings. The number of aliphatic hydroxyl groups is 1. The Morgan fingerprint density at radius 2 is 1.52 bits per heavy atom. The van der Waals surface area contributed by atoms with Crippen LogP contribution in [0.15, 0.2) is 24.3 Å². The van der Waals surface area contributed by atoms with Crippen molar-refractivity contribution in [2.45, 2.75) is 43.9 Å². The van der Waals surface area contributed by atoms with Gasteiger partial charge in [-0.3, -0.25) is 0 Å². The van der Waals surface area contributed by atoms with Gasteiger partial charge < -0.3 is 9.84 Å². The zero-order valence-electron chi connectivity index (χ0n) is 12.2. The summed E-state index contributed by atoms with van der Waals surface area (Å²) in [7, 11) is 0. The van der Waals surface area contributed by atoms with Crippen LogP contribution in [-0.2, 0) is 5.60 Å². The molecular weight excluding hydrogens is 333 g/mol. The minimum atomic E-state index is -6.22. The number of rotatable bonds is 5. The van der Waals surface area contributed by atoms with Gasteiger partial charge in [0.05, 0.1) is 12.2 Å². The molecule has 0 radical (unpaired) electrons. The minimum absolute atomic E-state index is 0.133. The summed E-state index contributed by atoms with van der Waals surface area (Å²) in [6.07, 6.45) is -14.7. The molecule has 2 nitrogen and oxygen atoms in total. The first-order valence-corrected chi connectivity index (χ1v) is 6.52. The number of benzene rings is 1. The van der Waals surface area contributed by atoms with Crippen LogP contribution < -0.4 is 4.74 Å². The van der Waals surface area contributed by atoms with E-state index in [0.29, 0.717) is 6.92 Å². The average molecular weight is 348 g/mol. The van der Waals surface area contributed by atoms with Crippen molar-refractivity contribution >= 4 is 0 Å². The number of ether oxygens (including phenoxy) is 1. The number of hydrogen-bond donors (Lipinski definition) is 1. The molecule has 0 bridgehead atoms. The van der Waals surface area contributed by atoms with Gasteiger partial charge in [-0.2, -0.15) is 26.3 Å². The first-order valence-electron chi connectivity index (χ1n) is 6.52. The van der Waals surface area contributed by atoms with Crippen molar-refractivity contribution in [2.75, 3.05) is 6.61 Å². The van der Waals surface area contributed by atoms with Crippen LogP contribution in [0.2, 0.25) is 0 Å². The van der Waals surface area contributed by atoms with Crippen LogP contribution in [0.1, 0.15) is 25.8 Å². The zero-order valence-corrected chi connectivity index (χ0v) is 12.2. The molecule has 1 aromatic rings. The predicted octanol–water partition coefficient (Wildman–Crippen LogP) is 4.52. The Kier molecular flexibility index (Phi) is 5.25. The number of halogens is 7. The second kappa shape index (κ2) is 6.18. The lowest BCUT2D eigenvalue weighted by atomic mass is 9.83. The summed E-state index contributed by atoms with van der Waals surface area (Å²) in [6.45, 7) is 2.50. The third kappa shape index (κ3) is 4.07. The fraction of sp³-hybridized carbons (Fsp3) is 0.571. The van der Waals surface area contributed by atoms with Crippen molar-refractivity contribution in [2.24, 2.45) is 0 Å². The van der Waals surface area contributed by atoms with Crippen molar-refractivity contribution in [1.29, 1.82) is 0 Å². The molecule has 1 N–H and O–H groups in total. The summed E-state index contributed by atoms with van der Waals surface area (Å²) in [5.41, 5.74) is -8.57. The van der Waals surface area contributed by atoms with Gasteiger partial charge in [-0.1, -0.05) is 12.1 Å². The van der Waals surface area contributed by atoms with Crippen LogP contribution in [0, 0.1) is 0 Å². The summed E-state index contributed by atoms with van der Waals surface area (Å²) in [4.78, 5) is 0. The largest absolute Gasteiger partial charge is 0.494 e. The van der Waals surface area contributed by atoms with Crippen molar-refractivity contribution in [1.82, 2.24) is 0 Å². The maximum Gasteiger partial charge on any atom is 0.431 e. The fourth-order valence-electron chi connectivity index (χ4n) is 2.03. The molecule has 1 rings (SSSR count). The monoisotopic (exact) mass is 348 g/mol. The smallest absolute Gasteiger partial charge is 0.431 e. The van der Waals surface area contributed by atoms with Gasteiger partial charge in [-0.25, -0.2) is 4.39 Å². The van der Waals surface area contributed by atoms with Gasteiger partial charge in [-0.15, -0.1) is 0 Å². The van der Waals surface area contributed by atoms with E-state index in [2.05, 4.69) is 0 Å². The lowest BCUT2D eigenvalue weighted by Crippen LogP contribution is -2.56. The minimum Gasteiger partial charge on any atom is -0.494 e. The van der Waals surface area contributed by atoms with E-state index >= 15 is 0 Å². The van der Waals surface area contributed by atoms with Gasteiger partial charge in [0, 0.05) is 6.42 Å². The SMILES string of the molecule is CCOc1cccc(C(C)(O)CC(F)(C(F)(F)F)C(F)(F)F)c1. The maximum atomic E-state index is 13.8. The van der Waals surface area contributed by atoms with Crippen LogP contribution >= 0.6 is 0 Å². The summed E-state index contributed by atoms with van der Waals surface area (Å²) in [5.74, 6) is 0.133. The van der Waals surface area contributed by atoms with Crippen LogP contribution in [0.3, 0.4) is 0 Å². The van der Waals surface area contributed by atoms with E-state index in [4.69, 9.17) is 4.74 Å². The van der Waals surface area contributed by atoms with Crippen molar-refractivity contribution in [3.63, 3.8) is 0 Å². The molecule has 132 valence electrons. The van der Waals surface area contributed by atoms with Gasteiger partial charge in [0.15, 0.2) is 0 Å². The van der Waals surface area contributed by atoms with E-state index < -0.39 is 30.0 Å². The molecule has 0 aromatic heterocycles. The Hall–Kier alpha value is -1.51. The molecule has 0 saturated carbocycles. The number of alkyl halides is 7. The first-order chi connectivity index (χ1) is 10.2. The molecule has 0 fully saturated rings. The Balaban J connectivity index is 3.24. The highest BCUT2D eigenvalue weighted by atomic mass is 19.4. The van der Waals surface area contributed by atoms with E-state index in [-0.39, 0.29) is 17.9 Å². The molecule has 0 amide bonds. The molecule has 0 heterocycles. The molecular formula is C14H15F7O2. The Bertz CT molecular complexity index is 521. The first kappa shape index (κ1) is 19.5. The Morgan fingerprint density at radius 3 is 1.96 bits per heavy atom. The lowest BCUT2D eigenvalue weighted by Gasteiger charge is -2.36. The van der Waals surface area contributed by atoms with E-state index in [1.165, 1.54) is 12.1 Å². The second-order valence-corrected chi connectivity index (χ2v) is 5.21. The van der Waals surface area contributed by atoms with E-state index in [0.717, 1.165) is 12.1 Å². The van der Waals surface area contributed by atoms with Crippen molar-refractivity contribution in [3.8, 4) is 5.75 Å². The second-order valence-electron chi connectivity index (χ2n) is 5.21. The summed E-state index contributed by atoms with van der Waals surface area (Å²) in [5, 5.41) is 10.0. The molecule has 1 unspecified atom stereocenters. The maximum absolute atomic E-state index is 13.8. The highest BCUT2D eigenvalue weighted by molar-refractivity contribution is 5.32. The highest BCUT2D eigenvalue weighted by Crippen LogP contribution is 2.51. The molecule has 23 heavy (non-hydrogen) atoms. The van der Waals surface area contributed by atoms with E-state index in [9.17, 15) is 35.8 Å². The lowest BCUT2D eigenvalue weighted by molar-refractivity contribution is -0.352. The van der Waals surface area contributed by atoms with E-state index in [1.54, 1.807) is 6.92 Å². The number of hydrogen-bond acceptors (Lipinski definition) is 2. The van der Waals surface area contributed by atoms with Crippen LogP contribution in [0.25, 0.3) is 0 Å². The summed E-state index contributed by atoms with van der Waals surface area (Å²) >= 11 is 0. The molecule has 0 aliphatic carbocycles. The standard InChI is InChI=1S/C14H15F7O2/c1-3-23-10-6-4-5-9(7-10)11(2,22)8-12(15,13(16,17)18)14(19,20)21/h4-7,22H,3,8H2,1-2H3. The third-order valence-electron chi connectivity index (χ3n) is 3.25. The van der Waals surface area contributed by atoms with Gasteiger partial charge in [0.1, 0.15) is 5.75 Å². The normalized spacial score (nSPS) is 16.1. The van der Waals surface area contributed by atoms with Crippen molar-refractivity contribution < 1.29 is 40.6 Å². The summed E-state index contributed by atoms with van der Waals surface area (Å²) < 4.78 is 94.5. The molecule has 0 spiro atoms. The third-order valence-corrected chi connectivity index (χ3v) is 3.25. The molecule has 9 heteroatoms. The van der Waals surface area contributed by atoms with Gasteiger partial charge in [0.2, 0.25) is 0 Å². The summed E-state index contributed by atoms with van der Waals surface area (Å²) in [6, 6.07) is 4.83. The fourth-order valence-corrected chi connectivity index (χ4v) is 2.03. The van der Waals surface area contributed by atoms with Crippen LogP contribution in [-0.4, -0.2) is 29.7 Å². The van der Waals surface area contributed by atoms with Gasteiger partial charge in [0.25, 0.3) is 0 Å². The quantitative estimate of drug-likeness (QED) is 0.793. The van der Waals surface area contributed by atoms with Gasteiger partial charge in [-0.05, 0) is 31.5 Å². The molecule has 0 aliphatic heterocycles. The van der Waals surface area contributed by atoms with E-state index in [1.807, 2.05) is 0 Å². The predicted molar refractivity (Wildman–Crippen MR) is 67.7 cm³/mol. The topological polar surface area (TPSA) is 29.5 Å². The zero-order chi connectivity index (χ0) is 18.1. The van der Waals surface area contributed by atoms with Crippen LogP contribution in [0.4, 0.5) is 30.7 Å². The highest BCUT2D eigenvalue weighted by Gasteiger charge is 2.73. The molecule has 1 aromatic carbocycles.